The van der Waals surface area contributed by atoms with Crippen molar-refractivity contribution in [3.63, 3.8) is 0 Å². The van der Waals surface area contributed by atoms with Gasteiger partial charge in [0.2, 0.25) is 5.91 Å². The summed E-state index contributed by atoms with van der Waals surface area (Å²) in [6.07, 6.45) is 4.93. The topological polar surface area (TPSA) is 87.2 Å². The third kappa shape index (κ3) is 3.44. The minimum Gasteiger partial charge on any atom is -0.496 e. The van der Waals surface area contributed by atoms with Crippen molar-refractivity contribution in [2.75, 3.05) is 7.11 Å². The van der Waals surface area contributed by atoms with Crippen molar-refractivity contribution in [3.05, 3.63) is 56.4 Å². The van der Waals surface area contributed by atoms with Crippen molar-refractivity contribution in [3.8, 4) is 5.75 Å². The number of methoxy groups -OCH3 is 1. The average Bonchev–Trinajstić information content (AvgIpc) is 3.09. The number of ether oxygens (including phenoxy) is 1. The summed E-state index contributed by atoms with van der Waals surface area (Å²) in [6.45, 7) is 1.86. The Morgan fingerprint density at radius 1 is 1.31 bits per heavy atom. The largest absolute Gasteiger partial charge is 0.496 e. The van der Waals surface area contributed by atoms with Gasteiger partial charge in [-0.1, -0.05) is 25.1 Å². The van der Waals surface area contributed by atoms with Crippen LogP contribution in [0.2, 0.25) is 0 Å². The van der Waals surface area contributed by atoms with E-state index in [0.29, 0.717) is 24.1 Å². The lowest BCUT2D eigenvalue weighted by Crippen LogP contribution is -2.36. The summed E-state index contributed by atoms with van der Waals surface area (Å²) >= 11 is 1.61. The number of benzene rings is 1. The number of hydrogen-bond donors (Lipinski definition) is 1. The number of thiophene rings is 1. The molecule has 0 aliphatic heterocycles. The second-order valence-electron chi connectivity index (χ2n) is 7.41. The molecule has 0 fully saturated rings. The molecule has 0 saturated heterocycles. The number of hydrogen-bond acceptors (Lipinski definition) is 5. The Morgan fingerprint density at radius 3 is 2.79 bits per heavy atom. The lowest BCUT2D eigenvalue weighted by Gasteiger charge is -2.20. The fourth-order valence-electron chi connectivity index (χ4n) is 4.24. The van der Waals surface area contributed by atoms with Crippen LogP contribution in [0.1, 0.15) is 54.1 Å². The van der Waals surface area contributed by atoms with Gasteiger partial charge in [0.05, 0.1) is 12.5 Å². The molecule has 2 aromatic heterocycles. The molecule has 7 heteroatoms. The minimum atomic E-state index is -0.719. The maximum Gasteiger partial charge on any atom is 0.263 e. The van der Waals surface area contributed by atoms with Crippen LogP contribution >= 0.6 is 11.3 Å². The number of aryl methyl sites for hydroxylation is 2. The summed E-state index contributed by atoms with van der Waals surface area (Å²) in [5.41, 5.74) is 7.56. The Morgan fingerprint density at radius 2 is 2.07 bits per heavy atom. The molecule has 1 aliphatic rings. The third-order valence-electron chi connectivity index (χ3n) is 5.66. The van der Waals surface area contributed by atoms with Crippen molar-refractivity contribution in [2.45, 2.75) is 51.5 Å². The molecule has 2 N–H and O–H groups in total. The van der Waals surface area contributed by atoms with E-state index in [0.717, 1.165) is 47.4 Å². The zero-order valence-corrected chi connectivity index (χ0v) is 17.6. The van der Waals surface area contributed by atoms with Crippen LogP contribution in [0.4, 0.5) is 0 Å². The summed E-state index contributed by atoms with van der Waals surface area (Å²) < 4.78 is 7.00. The van der Waals surface area contributed by atoms with Gasteiger partial charge < -0.3 is 10.5 Å². The molecular formula is C22H25N3O3S. The molecular weight excluding hydrogens is 386 g/mol. The Bertz CT molecular complexity index is 1130. The van der Waals surface area contributed by atoms with Crippen molar-refractivity contribution in [1.82, 2.24) is 9.55 Å². The number of amides is 1. The maximum absolute atomic E-state index is 13.6. The molecule has 1 aliphatic carbocycles. The molecule has 29 heavy (non-hydrogen) atoms. The number of primary amides is 1. The fourth-order valence-corrected chi connectivity index (χ4v) is 5.51. The van der Waals surface area contributed by atoms with Crippen molar-refractivity contribution in [1.29, 1.82) is 0 Å². The number of para-hydroxylation sites is 1. The van der Waals surface area contributed by atoms with Gasteiger partial charge in [0.1, 0.15) is 22.4 Å². The van der Waals surface area contributed by atoms with Crippen LogP contribution in [0.3, 0.4) is 0 Å². The summed E-state index contributed by atoms with van der Waals surface area (Å²) in [7, 11) is 1.62. The van der Waals surface area contributed by atoms with E-state index in [4.69, 9.17) is 15.5 Å². The van der Waals surface area contributed by atoms with E-state index in [-0.39, 0.29) is 5.56 Å². The first kappa shape index (κ1) is 19.6. The monoisotopic (exact) mass is 411 g/mol. The van der Waals surface area contributed by atoms with Crippen molar-refractivity contribution >= 4 is 27.5 Å². The highest BCUT2D eigenvalue weighted by Gasteiger charge is 2.27. The van der Waals surface area contributed by atoms with Crippen LogP contribution in [0.25, 0.3) is 10.2 Å². The van der Waals surface area contributed by atoms with Crippen molar-refractivity contribution in [2.24, 2.45) is 5.73 Å². The minimum absolute atomic E-state index is 0.148. The van der Waals surface area contributed by atoms with Gasteiger partial charge in [0.15, 0.2) is 0 Å². The Labute approximate surface area is 173 Å². The van der Waals surface area contributed by atoms with Crippen LogP contribution in [-0.4, -0.2) is 22.6 Å². The first-order valence-corrected chi connectivity index (χ1v) is 10.8. The predicted octanol–water partition coefficient (Wildman–Crippen LogP) is 3.37. The Hall–Kier alpha value is -2.67. The molecule has 1 unspecified atom stereocenters. The van der Waals surface area contributed by atoms with E-state index in [1.807, 2.05) is 31.2 Å². The van der Waals surface area contributed by atoms with E-state index in [1.165, 1.54) is 9.44 Å². The molecule has 4 rings (SSSR count). The third-order valence-corrected chi connectivity index (χ3v) is 6.85. The summed E-state index contributed by atoms with van der Waals surface area (Å²) in [5, 5.41) is 0.674. The van der Waals surface area contributed by atoms with Crippen LogP contribution in [0, 0.1) is 0 Å². The van der Waals surface area contributed by atoms with E-state index in [9.17, 15) is 9.59 Å². The molecule has 2 heterocycles. The number of rotatable bonds is 6. The first-order valence-electron chi connectivity index (χ1n) is 10.0. The zero-order chi connectivity index (χ0) is 20.5. The first-order chi connectivity index (χ1) is 14.0. The number of carbonyl (C=O) groups excluding carboxylic acids is 1. The van der Waals surface area contributed by atoms with Gasteiger partial charge in [0, 0.05) is 16.9 Å². The van der Waals surface area contributed by atoms with Crippen LogP contribution in [0.15, 0.2) is 29.1 Å². The summed E-state index contributed by atoms with van der Waals surface area (Å²) in [5.74, 6) is 0.767. The van der Waals surface area contributed by atoms with E-state index in [2.05, 4.69) is 0 Å². The lowest BCUT2D eigenvalue weighted by atomic mass is 9.97. The lowest BCUT2D eigenvalue weighted by molar-refractivity contribution is -0.121. The van der Waals surface area contributed by atoms with Crippen molar-refractivity contribution < 1.29 is 9.53 Å². The van der Waals surface area contributed by atoms with E-state index in [1.54, 1.807) is 18.4 Å². The van der Waals surface area contributed by atoms with Gasteiger partial charge in [-0.3, -0.25) is 14.2 Å². The van der Waals surface area contributed by atoms with Crippen LogP contribution in [0.5, 0.6) is 5.75 Å². The van der Waals surface area contributed by atoms with Gasteiger partial charge in [-0.05, 0) is 43.7 Å². The smallest absolute Gasteiger partial charge is 0.263 e. The zero-order valence-electron chi connectivity index (χ0n) is 16.7. The molecule has 152 valence electrons. The molecule has 1 atom stereocenters. The highest BCUT2D eigenvalue weighted by molar-refractivity contribution is 7.18. The van der Waals surface area contributed by atoms with E-state index >= 15 is 0 Å². The molecule has 0 radical (unpaired) electrons. The quantitative estimate of drug-likeness (QED) is 0.674. The van der Waals surface area contributed by atoms with Gasteiger partial charge in [-0.15, -0.1) is 11.3 Å². The predicted molar refractivity (Wildman–Crippen MR) is 115 cm³/mol. The second-order valence-corrected chi connectivity index (χ2v) is 8.49. The second kappa shape index (κ2) is 7.99. The number of carbonyl (C=O) groups is 1. The molecule has 0 bridgehead atoms. The molecule has 1 aromatic carbocycles. The number of nitrogens with zero attached hydrogens (tertiary/aromatic N) is 2. The maximum atomic E-state index is 13.6. The molecule has 1 amide bonds. The van der Waals surface area contributed by atoms with Gasteiger partial charge in [0.25, 0.3) is 5.56 Å². The Kier molecular flexibility index (Phi) is 5.41. The number of aromatic nitrogens is 2. The highest BCUT2D eigenvalue weighted by Crippen LogP contribution is 2.34. The Balaban J connectivity index is 1.96. The fraction of sp³-hybridized carbons (Fsp3) is 0.409. The average molecular weight is 412 g/mol. The summed E-state index contributed by atoms with van der Waals surface area (Å²) in [6, 6.07) is 6.93. The van der Waals surface area contributed by atoms with Gasteiger partial charge in [-0.2, -0.15) is 0 Å². The van der Waals surface area contributed by atoms with Crippen LogP contribution in [-0.2, 0) is 24.1 Å². The standard InChI is InChI=1S/C22H25N3O3S/c1-3-15(20(23)26)25-18(12-13-8-4-6-10-16(13)28-2)24-21-19(22(25)27)14-9-5-7-11-17(14)29-21/h4,6,8,10,15H,3,5,7,9,11-12H2,1-2H3,(H2,23,26). The summed E-state index contributed by atoms with van der Waals surface area (Å²) in [4.78, 5) is 32.7. The highest BCUT2D eigenvalue weighted by atomic mass is 32.1. The van der Waals surface area contributed by atoms with Gasteiger partial charge in [-0.25, -0.2) is 4.98 Å². The SMILES string of the molecule is CCC(C(N)=O)n1c(Cc2ccccc2OC)nc2sc3c(c2c1=O)CCCC3. The number of nitrogens with two attached hydrogens (primary N) is 1. The number of fused-ring (bicyclic) bond motifs is 3. The van der Waals surface area contributed by atoms with Crippen LogP contribution < -0.4 is 16.0 Å². The molecule has 6 nitrogen and oxygen atoms in total. The van der Waals surface area contributed by atoms with Gasteiger partial charge >= 0.3 is 0 Å². The molecule has 3 aromatic rings. The van der Waals surface area contributed by atoms with E-state index < -0.39 is 11.9 Å². The molecule has 0 spiro atoms. The normalized spacial score (nSPS) is 14.6. The molecule has 0 saturated carbocycles.